The minimum Gasteiger partial charge on any atom is -0.332 e. The van der Waals surface area contributed by atoms with Gasteiger partial charge in [0.1, 0.15) is 6.54 Å². The Morgan fingerprint density at radius 3 is 2.54 bits per heavy atom. The number of carbonyl (C=O) groups is 2. The fraction of sp³-hybridized carbons (Fsp3) is 0.353. The smallest absolute Gasteiger partial charge is 0.248 e. The molecule has 0 unspecified atom stereocenters. The molecule has 2 aromatic rings. The van der Waals surface area contributed by atoms with Gasteiger partial charge in [-0.2, -0.15) is 0 Å². The van der Waals surface area contributed by atoms with Gasteiger partial charge >= 0.3 is 0 Å². The van der Waals surface area contributed by atoms with Gasteiger partial charge in [-0.3, -0.25) is 14.5 Å². The zero-order valence-electron chi connectivity index (χ0n) is 14.3. The number of amides is 2. The SMILES string of the molecule is CS(=O)(=O)c1ccc(CCC(=O)N2CCN(c3nccs3)C(=O)C2)cc1. The molecule has 1 aromatic heterocycles. The molecule has 7 nitrogen and oxygen atoms in total. The van der Waals surface area contributed by atoms with Crippen molar-refractivity contribution in [3.63, 3.8) is 0 Å². The number of piperazine rings is 1. The summed E-state index contributed by atoms with van der Waals surface area (Å²) in [4.78, 5) is 32.2. The van der Waals surface area contributed by atoms with Crippen molar-refractivity contribution in [1.82, 2.24) is 9.88 Å². The van der Waals surface area contributed by atoms with E-state index in [0.29, 0.717) is 24.6 Å². The first-order chi connectivity index (χ1) is 12.3. The highest BCUT2D eigenvalue weighted by molar-refractivity contribution is 7.90. The van der Waals surface area contributed by atoms with E-state index in [1.54, 1.807) is 40.3 Å². The van der Waals surface area contributed by atoms with E-state index in [0.717, 1.165) is 11.8 Å². The molecule has 1 fully saturated rings. The van der Waals surface area contributed by atoms with Gasteiger partial charge in [0.25, 0.3) is 0 Å². The summed E-state index contributed by atoms with van der Waals surface area (Å²) in [5, 5.41) is 2.47. The first kappa shape index (κ1) is 18.5. The summed E-state index contributed by atoms with van der Waals surface area (Å²) in [6, 6.07) is 6.53. The minimum absolute atomic E-state index is 0.0609. The van der Waals surface area contributed by atoms with E-state index in [2.05, 4.69) is 4.98 Å². The number of hydrogen-bond donors (Lipinski definition) is 0. The normalized spacial score (nSPS) is 15.3. The van der Waals surface area contributed by atoms with E-state index in [1.165, 1.54) is 11.3 Å². The number of aryl methyl sites for hydroxylation is 1. The molecule has 138 valence electrons. The van der Waals surface area contributed by atoms with E-state index in [9.17, 15) is 18.0 Å². The molecule has 0 N–H and O–H groups in total. The van der Waals surface area contributed by atoms with Crippen LogP contribution in [-0.4, -0.2) is 56.0 Å². The van der Waals surface area contributed by atoms with Crippen molar-refractivity contribution >= 4 is 38.1 Å². The van der Waals surface area contributed by atoms with Crippen LogP contribution in [0.15, 0.2) is 40.7 Å². The molecule has 0 aliphatic carbocycles. The molecule has 0 spiro atoms. The fourth-order valence-corrected chi connectivity index (χ4v) is 4.07. The molecule has 0 saturated carbocycles. The van der Waals surface area contributed by atoms with Crippen LogP contribution >= 0.6 is 11.3 Å². The number of thiazole rings is 1. The van der Waals surface area contributed by atoms with Crippen LogP contribution in [0, 0.1) is 0 Å². The van der Waals surface area contributed by atoms with Crippen LogP contribution in [0.5, 0.6) is 0 Å². The van der Waals surface area contributed by atoms with Crippen molar-refractivity contribution in [3.05, 3.63) is 41.4 Å². The monoisotopic (exact) mass is 393 g/mol. The van der Waals surface area contributed by atoms with E-state index in [-0.39, 0.29) is 29.7 Å². The standard InChI is InChI=1S/C17H19N3O4S2/c1-26(23,24)14-5-2-13(3-6-14)4-7-15(21)19-9-10-20(16(22)12-19)17-18-8-11-25-17/h2-3,5-6,8,11H,4,7,9-10,12H2,1H3. The van der Waals surface area contributed by atoms with Gasteiger partial charge in [-0.25, -0.2) is 13.4 Å². The lowest BCUT2D eigenvalue weighted by atomic mass is 10.1. The molecule has 0 radical (unpaired) electrons. The molecule has 26 heavy (non-hydrogen) atoms. The maximum Gasteiger partial charge on any atom is 0.248 e. The molecule has 1 aliphatic heterocycles. The fourth-order valence-electron chi connectivity index (χ4n) is 2.75. The summed E-state index contributed by atoms with van der Waals surface area (Å²) in [7, 11) is -3.22. The lowest BCUT2D eigenvalue weighted by Crippen LogP contribution is -2.52. The first-order valence-corrected chi connectivity index (χ1v) is 10.9. The van der Waals surface area contributed by atoms with Crippen molar-refractivity contribution < 1.29 is 18.0 Å². The van der Waals surface area contributed by atoms with Gasteiger partial charge in [-0.05, 0) is 24.1 Å². The largest absolute Gasteiger partial charge is 0.332 e. The van der Waals surface area contributed by atoms with E-state index in [1.807, 2.05) is 5.38 Å². The Kier molecular flexibility index (Phi) is 5.38. The summed E-state index contributed by atoms with van der Waals surface area (Å²) in [6.07, 6.45) is 3.60. The summed E-state index contributed by atoms with van der Waals surface area (Å²) in [5.41, 5.74) is 0.887. The van der Waals surface area contributed by atoms with Crippen LogP contribution in [0.2, 0.25) is 0 Å². The Balaban J connectivity index is 1.54. The van der Waals surface area contributed by atoms with Crippen LogP contribution in [-0.2, 0) is 25.8 Å². The molecule has 1 aliphatic rings. The quantitative estimate of drug-likeness (QED) is 0.765. The highest BCUT2D eigenvalue weighted by Crippen LogP contribution is 2.20. The van der Waals surface area contributed by atoms with Crippen molar-refractivity contribution in [2.24, 2.45) is 0 Å². The predicted octanol–water partition coefficient (Wildman–Crippen LogP) is 1.35. The number of benzene rings is 1. The number of sulfone groups is 1. The Morgan fingerprint density at radius 2 is 1.96 bits per heavy atom. The Bertz CT molecular complexity index is 893. The topological polar surface area (TPSA) is 87.7 Å². The van der Waals surface area contributed by atoms with Crippen LogP contribution in [0.3, 0.4) is 0 Å². The number of carbonyl (C=O) groups excluding carboxylic acids is 2. The third kappa shape index (κ3) is 4.28. The Hall–Kier alpha value is -2.26. The summed E-state index contributed by atoms with van der Waals surface area (Å²) in [5.74, 6) is -0.207. The molecule has 0 atom stereocenters. The van der Waals surface area contributed by atoms with Crippen molar-refractivity contribution in [1.29, 1.82) is 0 Å². The average molecular weight is 393 g/mol. The van der Waals surface area contributed by atoms with E-state index >= 15 is 0 Å². The second-order valence-corrected chi connectivity index (χ2v) is 8.98. The average Bonchev–Trinajstić information content (AvgIpc) is 3.13. The van der Waals surface area contributed by atoms with Crippen LogP contribution in [0.25, 0.3) is 0 Å². The Labute approximate surface area is 156 Å². The van der Waals surface area contributed by atoms with Gasteiger partial charge < -0.3 is 4.90 Å². The second-order valence-electron chi connectivity index (χ2n) is 6.09. The van der Waals surface area contributed by atoms with Crippen molar-refractivity contribution in [2.75, 3.05) is 30.8 Å². The maximum absolute atomic E-state index is 12.4. The van der Waals surface area contributed by atoms with Crippen molar-refractivity contribution in [3.8, 4) is 0 Å². The molecule has 9 heteroatoms. The Morgan fingerprint density at radius 1 is 1.23 bits per heavy atom. The predicted molar refractivity (Wildman–Crippen MR) is 98.9 cm³/mol. The zero-order chi connectivity index (χ0) is 18.7. The molecule has 1 aromatic carbocycles. The molecule has 1 saturated heterocycles. The van der Waals surface area contributed by atoms with Gasteiger partial charge in [0.05, 0.1) is 4.90 Å². The highest BCUT2D eigenvalue weighted by Gasteiger charge is 2.28. The number of nitrogens with zero attached hydrogens (tertiary/aromatic N) is 3. The third-order valence-electron chi connectivity index (χ3n) is 4.20. The molecule has 2 heterocycles. The van der Waals surface area contributed by atoms with Crippen molar-refractivity contribution in [2.45, 2.75) is 17.7 Å². The molecule has 3 rings (SSSR count). The lowest BCUT2D eigenvalue weighted by Gasteiger charge is -2.32. The van der Waals surface area contributed by atoms with Crippen LogP contribution in [0.4, 0.5) is 5.13 Å². The first-order valence-electron chi connectivity index (χ1n) is 8.11. The number of anilines is 1. The number of aromatic nitrogens is 1. The van der Waals surface area contributed by atoms with Gasteiger partial charge in [0.15, 0.2) is 15.0 Å². The summed E-state index contributed by atoms with van der Waals surface area (Å²) >= 11 is 1.40. The van der Waals surface area contributed by atoms with Crippen LogP contribution < -0.4 is 4.90 Å². The van der Waals surface area contributed by atoms with E-state index in [4.69, 9.17) is 0 Å². The maximum atomic E-state index is 12.4. The molecule has 0 bridgehead atoms. The lowest BCUT2D eigenvalue weighted by molar-refractivity contribution is -0.136. The van der Waals surface area contributed by atoms with E-state index < -0.39 is 9.84 Å². The zero-order valence-corrected chi connectivity index (χ0v) is 15.9. The number of rotatable bonds is 5. The van der Waals surface area contributed by atoms with Gasteiger partial charge in [0.2, 0.25) is 11.8 Å². The summed E-state index contributed by atoms with van der Waals surface area (Å²) in [6.45, 7) is 0.990. The second kappa shape index (κ2) is 7.55. The molecule has 2 amide bonds. The summed E-state index contributed by atoms with van der Waals surface area (Å²) < 4.78 is 22.9. The minimum atomic E-state index is -3.22. The van der Waals surface area contributed by atoms with Crippen LogP contribution in [0.1, 0.15) is 12.0 Å². The number of hydrogen-bond acceptors (Lipinski definition) is 6. The molecular weight excluding hydrogens is 374 g/mol. The third-order valence-corrected chi connectivity index (χ3v) is 6.13. The van der Waals surface area contributed by atoms with Gasteiger partial charge in [-0.1, -0.05) is 12.1 Å². The molecular formula is C17H19N3O4S2. The highest BCUT2D eigenvalue weighted by atomic mass is 32.2. The van der Waals surface area contributed by atoms with Gasteiger partial charge in [-0.15, -0.1) is 11.3 Å². The van der Waals surface area contributed by atoms with Gasteiger partial charge in [0, 0.05) is 37.3 Å².